The van der Waals surface area contributed by atoms with Crippen LogP contribution in [-0.2, 0) is 20.8 Å². The summed E-state index contributed by atoms with van der Waals surface area (Å²) >= 11 is 4.35. The Kier molecular flexibility index (Phi) is 7.33. The van der Waals surface area contributed by atoms with Crippen molar-refractivity contribution in [1.82, 2.24) is 10.2 Å². The summed E-state index contributed by atoms with van der Waals surface area (Å²) in [6.07, 6.45) is 1.56. The maximum absolute atomic E-state index is 14.2. The van der Waals surface area contributed by atoms with Gasteiger partial charge in [0.05, 0.1) is 15.3 Å². The Labute approximate surface area is 229 Å². The number of carboxylic acids is 1. The summed E-state index contributed by atoms with van der Waals surface area (Å²) in [6.45, 7) is -0.111. The Balaban J connectivity index is 1.28. The van der Waals surface area contributed by atoms with Crippen LogP contribution in [0.2, 0.25) is 0 Å². The maximum Gasteiger partial charge on any atom is 0.316 e. The zero-order valence-corrected chi connectivity index (χ0v) is 22.4. The minimum Gasteiger partial charge on any atom is -0.481 e. The Morgan fingerprint density at radius 3 is 2.74 bits per heavy atom. The van der Waals surface area contributed by atoms with Crippen LogP contribution in [0.25, 0.3) is 10.1 Å². The third-order valence-corrected chi connectivity index (χ3v) is 10.7. The summed E-state index contributed by atoms with van der Waals surface area (Å²) in [4.78, 5) is 51.9. The van der Waals surface area contributed by atoms with Crippen LogP contribution in [0.3, 0.4) is 0 Å². The molecule has 38 heavy (non-hydrogen) atoms. The van der Waals surface area contributed by atoms with E-state index in [1.54, 1.807) is 0 Å². The number of halogens is 3. The number of thiophene rings is 1. The molecule has 5 rings (SSSR count). The summed E-state index contributed by atoms with van der Waals surface area (Å²) in [5.41, 5.74) is -2.13. The largest absolute Gasteiger partial charge is 0.481 e. The third kappa shape index (κ3) is 4.85. The second-order valence-corrected chi connectivity index (χ2v) is 13.0. The predicted octanol–water partition coefficient (Wildman–Crippen LogP) is 4.06. The Morgan fingerprint density at radius 1 is 1.24 bits per heavy atom. The van der Waals surface area contributed by atoms with Gasteiger partial charge in [0.15, 0.2) is 22.9 Å². The maximum atomic E-state index is 14.2. The molecule has 14 heteroatoms. The van der Waals surface area contributed by atoms with Crippen LogP contribution >= 0.6 is 46.2 Å². The van der Waals surface area contributed by atoms with Gasteiger partial charge in [-0.15, -0.1) is 34.4 Å². The lowest BCUT2D eigenvalue weighted by atomic mass is 9.87. The van der Waals surface area contributed by atoms with Crippen molar-refractivity contribution >= 4 is 74.1 Å². The molecule has 2 aliphatic rings. The summed E-state index contributed by atoms with van der Waals surface area (Å²) in [5.74, 6) is -6.28. The standard InChI is InChI=1S/C24H17F3N2O5S4/c25-13-7-12-14(30)8-16(38-20(12)18(27)17(13)26)36-5-3-24(23(33)34)9-29-21(32)19(22(29)37-10-24)28-15(31)6-11-2-1-4-35-11/h1-5,7-8,19,22H,6,9-10H2,(H,28,31)(H,33,34)/t19?,22-,24?/m1/s1. The van der Waals surface area contributed by atoms with E-state index in [1.807, 2.05) is 17.5 Å². The van der Waals surface area contributed by atoms with E-state index in [2.05, 4.69) is 5.32 Å². The number of thioether (sulfide) groups is 2. The molecule has 0 bridgehead atoms. The highest BCUT2D eigenvalue weighted by Gasteiger charge is 2.56. The zero-order valence-electron chi connectivity index (χ0n) is 19.1. The lowest BCUT2D eigenvalue weighted by Gasteiger charge is -2.53. The van der Waals surface area contributed by atoms with E-state index in [0.29, 0.717) is 6.07 Å². The molecule has 3 atom stereocenters. The highest BCUT2D eigenvalue weighted by Crippen LogP contribution is 2.43. The van der Waals surface area contributed by atoms with Crippen molar-refractivity contribution in [2.75, 3.05) is 12.3 Å². The predicted molar refractivity (Wildman–Crippen MR) is 141 cm³/mol. The van der Waals surface area contributed by atoms with Crippen LogP contribution in [0.4, 0.5) is 13.2 Å². The topological polar surface area (TPSA) is 104 Å². The molecule has 198 valence electrons. The quantitative estimate of drug-likeness (QED) is 0.240. The third-order valence-electron chi connectivity index (χ3n) is 6.17. The fourth-order valence-corrected chi connectivity index (χ4v) is 8.44. The Hall–Kier alpha value is -2.81. The number of amides is 2. The number of benzene rings is 1. The van der Waals surface area contributed by atoms with Gasteiger partial charge in [-0.05, 0) is 22.9 Å². The van der Waals surface area contributed by atoms with E-state index in [4.69, 9.17) is 0 Å². The van der Waals surface area contributed by atoms with Gasteiger partial charge in [-0.25, -0.2) is 13.2 Å². The number of carboxylic acid groups (broad SMARTS) is 1. The van der Waals surface area contributed by atoms with Crippen LogP contribution in [0.5, 0.6) is 0 Å². The first-order valence-electron chi connectivity index (χ1n) is 11.0. The van der Waals surface area contributed by atoms with Crippen molar-refractivity contribution in [1.29, 1.82) is 0 Å². The summed E-state index contributed by atoms with van der Waals surface area (Å²) < 4.78 is 41.3. The van der Waals surface area contributed by atoms with Gasteiger partial charge in [-0.1, -0.05) is 23.9 Å². The van der Waals surface area contributed by atoms with E-state index < -0.39 is 40.3 Å². The number of rotatable bonds is 7. The smallest absolute Gasteiger partial charge is 0.316 e. The SMILES string of the molecule is O=C(Cc1cccs1)NC1C(=O)N2CC(C=CSc3cc(=O)c4cc(F)c(F)c(F)c4s3)(C(=O)O)CS[C@H]12. The van der Waals surface area contributed by atoms with Crippen LogP contribution in [-0.4, -0.2) is 51.5 Å². The average Bonchev–Trinajstić information content (AvgIpc) is 3.39. The van der Waals surface area contributed by atoms with Gasteiger partial charge in [-0.3, -0.25) is 19.2 Å². The van der Waals surface area contributed by atoms with E-state index in [-0.39, 0.29) is 50.2 Å². The molecule has 2 aliphatic heterocycles. The number of fused-ring (bicyclic) bond motifs is 2. The fourth-order valence-electron chi connectivity index (χ4n) is 4.16. The van der Waals surface area contributed by atoms with Crippen molar-refractivity contribution < 1.29 is 32.7 Å². The van der Waals surface area contributed by atoms with Gasteiger partial charge in [0, 0.05) is 28.6 Å². The molecule has 0 spiro atoms. The van der Waals surface area contributed by atoms with Crippen molar-refractivity contribution in [2.45, 2.75) is 22.0 Å². The molecular weight excluding hydrogens is 582 g/mol. The minimum absolute atomic E-state index is 0.111. The first-order valence-corrected chi connectivity index (χ1v) is 14.6. The highest BCUT2D eigenvalue weighted by molar-refractivity contribution is 8.04. The van der Waals surface area contributed by atoms with Gasteiger partial charge in [-0.2, -0.15) is 0 Å². The molecule has 2 saturated heterocycles. The van der Waals surface area contributed by atoms with E-state index in [9.17, 15) is 37.5 Å². The second kappa shape index (κ2) is 10.4. The van der Waals surface area contributed by atoms with Crippen molar-refractivity contribution in [3.63, 3.8) is 0 Å². The van der Waals surface area contributed by atoms with Gasteiger partial charge < -0.3 is 15.3 Å². The molecule has 0 radical (unpaired) electrons. The van der Waals surface area contributed by atoms with Crippen molar-refractivity contribution in [3.05, 3.63) is 73.7 Å². The molecule has 0 aliphatic carbocycles. The molecular formula is C24H17F3N2O5S4. The minimum atomic E-state index is -1.68. The number of hydrogen-bond acceptors (Lipinski definition) is 8. The van der Waals surface area contributed by atoms with Crippen LogP contribution in [0.1, 0.15) is 4.88 Å². The highest BCUT2D eigenvalue weighted by atomic mass is 32.2. The number of nitrogens with zero attached hydrogens (tertiary/aromatic N) is 1. The monoisotopic (exact) mass is 598 g/mol. The zero-order chi connectivity index (χ0) is 27.2. The number of β-lactam (4-membered cyclic amide) rings is 1. The van der Waals surface area contributed by atoms with Crippen LogP contribution in [0.15, 0.2) is 50.1 Å². The van der Waals surface area contributed by atoms with Crippen molar-refractivity contribution in [2.24, 2.45) is 5.41 Å². The van der Waals surface area contributed by atoms with Crippen LogP contribution < -0.4 is 10.7 Å². The molecule has 2 fully saturated rings. The van der Waals surface area contributed by atoms with Crippen molar-refractivity contribution in [3.8, 4) is 0 Å². The van der Waals surface area contributed by atoms with E-state index >= 15 is 0 Å². The number of carbonyl (C=O) groups is 3. The molecule has 1 aromatic carbocycles. The van der Waals surface area contributed by atoms with Gasteiger partial charge in [0.2, 0.25) is 11.8 Å². The lowest BCUT2D eigenvalue weighted by Crippen LogP contribution is -2.73. The summed E-state index contributed by atoms with van der Waals surface area (Å²) in [6, 6.07) is 4.71. The molecule has 2 amide bonds. The molecule has 7 nitrogen and oxygen atoms in total. The summed E-state index contributed by atoms with van der Waals surface area (Å²) in [7, 11) is 0. The molecule has 3 aromatic rings. The lowest BCUT2D eigenvalue weighted by molar-refractivity contribution is -0.156. The average molecular weight is 599 g/mol. The number of aliphatic carboxylic acids is 1. The van der Waals surface area contributed by atoms with E-state index in [0.717, 1.165) is 34.0 Å². The van der Waals surface area contributed by atoms with Gasteiger partial charge in [0.1, 0.15) is 16.8 Å². The van der Waals surface area contributed by atoms with Crippen LogP contribution in [0, 0.1) is 22.9 Å². The fraction of sp³-hybridized carbons (Fsp3) is 0.250. The summed E-state index contributed by atoms with van der Waals surface area (Å²) in [5, 5.41) is 15.3. The second-order valence-electron chi connectivity index (χ2n) is 8.64. The Bertz CT molecular complexity index is 1540. The number of nitrogens with one attached hydrogen (secondary N) is 1. The molecule has 2 N–H and O–H groups in total. The molecule has 4 heterocycles. The van der Waals surface area contributed by atoms with Gasteiger partial charge >= 0.3 is 5.97 Å². The molecule has 2 aromatic heterocycles. The number of hydrogen-bond donors (Lipinski definition) is 2. The molecule has 0 saturated carbocycles. The first-order chi connectivity index (χ1) is 18.1. The Morgan fingerprint density at radius 2 is 2.03 bits per heavy atom. The normalized spacial score (nSPS) is 22.9. The van der Waals surface area contributed by atoms with E-state index in [1.165, 1.54) is 39.5 Å². The number of carbonyl (C=O) groups excluding carboxylic acids is 2. The molecule has 2 unspecified atom stereocenters. The van der Waals surface area contributed by atoms with Gasteiger partial charge in [0.25, 0.3) is 0 Å². The first kappa shape index (κ1) is 26.8.